The normalized spacial score (nSPS) is 27.1. The van der Waals surface area contributed by atoms with Crippen LogP contribution in [0, 0.1) is 5.92 Å². The van der Waals surface area contributed by atoms with E-state index in [4.69, 9.17) is 0 Å². The summed E-state index contributed by atoms with van der Waals surface area (Å²) >= 11 is 0. The van der Waals surface area contributed by atoms with Crippen LogP contribution >= 0.6 is 12.4 Å². The first-order chi connectivity index (χ1) is 8.08. The van der Waals surface area contributed by atoms with E-state index in [9.17, 15) is 8.42 Å². The molecule has 2 heterocycles. The Bertz CT molecular complexity index is 336. The van der Waals surface area contributed by atoms with Gasteiger partial charge in [0.2, 0.25) is 0 Å². The fourth-order valence-electron chi connectivity index (χ4n) is 2.45. The maximum absolute atomic E-state index is 12.0. The Morgan fingerprint density at radius 3 is 2.50 bits per heavy atom. The second-order valence-corrected chi connectivity index (χ2v) is 6.98. The largest absolute Gasteiger partial charge is 0.313 e. The highest BCUT2D eigenvalue weighted by Crippen LogP contribution is 2.18. The first kappa shape index (κ1) is 16.2. The molecule has 0 amide bonds. The molecular weight excluding hydrogens is 274 g/mol. The topological polar surface area (TPSA) is 61.4 Å². The lowest BCUT2D eigenvalue weighted by Gasteiger charge is -2.29. The highest BCUT2D eigenvalue weighted by molar-refractivity contribution is 7.87. The van der Waals surface area contributed by atoms with Crippen molar-refractivity contribution in [1.29, 1.82) is 0 Å². The van der Waals surface area contributed by atoms with Crippen LogP contribution in [0.25, 0.3) is 0 Å². The first-order valence-electron chi connectivity index (χ1n) is 6.56. The van der Waals surface area contributed by atoms with Gasteiger partial charge in [0.1, 0.15) is 0 Å². The number of piperidine rings is 1. The first-order valence-corrected chi connectivity index (χ1v) is 8.00. The molecule has 2 saturated heterocycles. The SMILES string of the molecule is CC1CCN(S(=O)(=O)NCC2CCCN2)CC1.Cl. The number of halogens is 1. The molecule has 108 valence electrons. The quantitative estimate of drug-likeness (QED) is 0.804. The summed E-state index contributed by atoms with van der Waals surface area (Å²) in [7, 11) is -3.25. The molecule has 0 aliphatic carbocycles. The smallest absolute Gasteiger partial charge is 0.279 e. The summed E-state index contributed by atoms with van der Waals surface area (Å²) in [4.78, 5) is 0. The minimum absolute atomic E-state index is 0. The molecule has 7 heteroatoms. The Morgan fingerprint density at radius 2 is 1.94 bits per heavy atom. The molecule has 0 radical (unpaired) electrons. The van der Waals surface area contributed by atoms with Crippen LogP contribution < -0.4 is 10.0 Å². The molecule has 18 heavy (non-hydrogen) atoms. The van der Waals surface area contributed by atoms with Gasteiger partial charge in [-0.2, -0.15) is 12.7 Å². The van der Waals surface area contributed by atoms with Crippen molar-refractivity contribution in [2.75, 3.05) is 26.2 Å². The van der Waals surface area contributed by atoms with Crippen LogP contribution in [0.1, 0.15) is 32.6 Å². The Balaban J connectivity index is 0.00000162. The molecule has 0 spiro atoms. The average molecular weight is 298 g/mol. The van der Waals surface area contributed by atoms with Crippen molar-refractivity contribution in [1.82, 2.24) is 14.3 Å². The van der Waals surface area contributed by atoms with Gasteiger partial charge in [0.05, 0.1) is 0 Å². The van der Waals surface area contributed by atoms with E-state index in [2.05, 4.69) is 17.0 Å². The van der Waals surface area contributed by atoms with E-state index < -0.39 is 10.2 Å². The fraction of sp³-hybridized carbons (Fsp3) is 1.00. The molecule has 5 nitrogen and oxygen atoms in total. The van der Waals surface area contributed by atoms with E-state index in [0.29, 0.717) is 31.6 Å². The third-order valence-electron chi connectivity index (χ3n) is 3.76. The summed E-state index contributed by atoms with van der Waals surface area (Å²) < 4.78 is 28.4. The summed E-state index contributed by atoms with van der Waals surface area (Å²) in [6.07, 6.45) is 4.17. The minimum Gasteiger partial charge on any atom is -0.313 e. The van der Waals surface area contributed by atoms with E-state index in [1.54, 1.807) is 4.31 Å². The Labute approximate surface area is 116 Å². The van der Waals surface area contributed by atoms with Gasteiger partial charge in [-0.15, -0.1) is 12.4 Å². The predicted molar refractivity (Wildman–Crippen MR) is 75.2 cm³/mol. The van der Waals surface area contributed by atoms with Gasteiger partial charge in [-0.1, -0.05) is 6.92 Å². The van der Waals surface area contributed by atoms with Crippen LogP contribution in [0.3, 0.4) is 0 Å². The lowest BCUT2D eigenvalue weighted by Crippen LogP contribution is -2.47. The fourth-order valence-corrected chi connectivity index (χ4v) is 3.74. The molecule has 2 fully saturated rings. The van der Waals surface area contributed by atoms with E-state index in [0.717, 1.165) is 32.2 Å². The van der Waals surface area contributed by atoms with Gasteiger partial charge in [0.25, 0.3) is 10.2 Å². The van der Waals surface area contributed by atoms with Crippen LogP contribution in [-0.2, 0) is 10.2 Å². The highest BCUT2D eigenvalue weighted by atomic mass is 35.5. The number of nitrogens with zero attached hydrogens (tertiary/aromatic N) is 1. The second kappa shape index (κ2) is 7.05. The molecule has 0 aromatic carbocycles. The average Bonchev–Trinajstić information content (AvgIpc) is 2.80. The molecule has 2 N–H and O–H groups in total. The molecule has 1 unspecified atom stereocenters. The van der Waals surface area contributed by atoms with Gasteiger partial charge in [-0.3, -0.25) is 0 Å². The zero-order valence-electron chi connectivity index (χ0n) is 10.9. The van der Waals surface area contributed by atoms with Crippen molar-refractivity contribution in [3.8, 4) is 0 Å². The summed E-state index contributed by atoms with van der Waals surface area (Å²) in [5.74, 6) is 0.651. The second-order valence-electron chi connectivity index (χ2n) is 5.23. The molecule has 2 aliphatic rings. The van der Waals surface area contributed by atoms with Crippen LogP contribution in [0.4, 0.5) is 0 Å². The van der Waals surface area contributed by atoms with Crippen LogP contribution in [0.5, 0.6) is 0 Å². The Morgan fingerprint density at radius 1 is 1.28 bits per heavy atom. The minimum atomic E-state index is -3.25. The van der Waals surface area contributed by atoms with Crippen molar-refractivity contribution in [2.24, 2.45) is 5.92 Å². The molecule has 0 saturated carbocycles. The van der Waals surface area contributed by atoms with E-state index in [-0.39, 0.29) is 12.4 Å². The number of hydrogen-bond acceptors (Lipinski definition) is 3. The van der Waals surface area contributed by atoms with Crippen molar-refractivity contribution in [3.63, 3.8) is 0 Å². The number of hydrogen-bond donors (Lipinski definition) is 2. The van der Waals surface area contributed by atoms with Gasteiger partial charge in [0, 0.05) is 25.7 Å². The number of nitrogens with one attached hydrogen (secondary N) is 2. The van der Waals surface area contributed by atoms with Crippen molar-refractivity contribution in [2.45, 2.75) is 38.6 Å². The molecule has 2 aliphatic heterocycles. The van der Waals surface area contributed by atoms with Gasteiger partial charge in [-0.25, -0.2) is 4.72 Å². The predicted octanol–water partition coefficient (Wildman–Crippen LogP) is 0.726. The third-order valence-corrected chi connectivity index (χ3v) is 5.33. The van der Waals surface area contributed by atoms with E-state index in [1.165, 1.54) is 0 Å². The molecule has 1 atom stereocenters. The molecule has 0 bridgehead atoms. The van der Waals surface area contributed by atoms with Crippen LogP contribution in [0.2, 0.25) is 0 Å². The molecular formula is C11H24ClN3O2S. The summed E-state index contributed by atoms with van der Waals surface area (Å²) in [6.45, 7) is 5.03. The molecule has 0 aromatic heterocycles. The maximum atomic E-state index is 12.0. The standard InChI is InChI=1S/C11H23N3O2S.ClH/c1-10-4-7-14(8-5-10)17(15,16)13-9-11-3-2-6-12-11;/h10-13H,2-9H2,1H3;1H. The summed E-state index contributed by atoms with van der Waals surface area (Å²) in [5, 5.41) is 3.29. The lowest BCUT2D eigenvalue weighted by atomic mass is 10.0. The van der Waals surface area contributed by atoms with Gasteiger partial charge >= 0.3 is 0 Å². The van der Waals surface area contributed by atoms with Crippen molar-refractivity contribution in [3.05, 3.63) is 0 Å². The van der Waals surface area contributed by atoms with Gasteiger partial charge in [0.15, 0.2) is 0 Å². The van der Waals surface area contributed by atoms with Crippen molar-refractivity contribution >= 4 is 22.6 Å². The van der Waals surface area contributed by atoms with Gasteiger partial charge < -0.3 is 5.32 Å². The highest BCUT2D eigenvalue weighted by Gasteiger charge is 2.27. The van der Waals surface area contributed by atoms with E-state index >= 15 is 0 Å². The lowest BCUT2D eigenvalue weighted by molar-refractivity contribution is 0.284. The van der Waals surface area contributed by atoms with Gasteiger partial charge in [-0.05, 0) is 38.1 Å². The summed E-state index contributed by atoms with van der Waals surface area (Å²) in [5.41, 5.74) is 0. The zero-order chi connectivity index (χ0) is 12.3. The Hall–Kier alpha value is 0.120. The van der Waals surface area contributed by atoms with Crippen LogP contribution in [0.15, 0.2) is 0 Å². The monoisotopic (exact) mass is 297 g/mol. The summed E-state index contributed by atoms with van der Waals surface area (Å²) in [6, 6.07) is 0.313. The van der Waals surface area contributed by atoms with E-state index in [1.807, 2.05) is 0 Å². The molecule has 0 aromatic rings. The maximum Gasteiger partial charge on any atom is 0.279 e. The number of rotatable bonds is 4. The Kier molecular flexibility index (Phi) is 6.34. The molecule has 2 rings (SSSR count). The zero-order valence-corrected chi connectivity index (χ0v) is 12.5. The van der Waals surface area contributed by atoms with Crippen molar-refractivity contribution < 1.29 is 8.42 Å². The third kappa shape index (κ3) is 4.35. The van der Waals surface area contributed by atoms with Crippen LogP contribution in [-0.4, -0.2) is 44.9 Å².